The van der Waals surface area contributed by atoms with Gasteiger partial charge >= 0.3 is 5.69 Å². The van der Waals surface area contributed by atoms with E-state index >= 15 is 0 Å². The van der Waals surface area contributed by atoms with Crippen LogP contribution in [0.5, 0.6) is 0 Å². The summed E-state index contributed by atoms with van der Waals surface area (Å²) in [5.74, 6) is -0.768. The van der Waals surface area contributed by atoms with E-state index in [4.69, 9.17) is 0 Å². The minimum atomic E-state index is -0.768. The molecule has 110 valence electrons. The molecule has 0 spiro atoms. The average molecular weight is 280 g/mol. The summed E-state index contributed by atoms with van der Waals surface area (Å²) >= 11 is 0. The van der Waals surface area contributed by atoms with Crippen LogP contribution in [-0.2, 0) is 0 Å². The summed E-state index contributed by atoms with van der Waals surface area (Å²) in [5.41, 5.74) is 0.296. The molecule has 1 aromatic rings. The Balaban J connectivity index is 2.24. The van der Waals surface area contributed by atoms with E-state index in [1.165, 1.54) is 6.07 Å². The summed E-state index contributed by atoms with van der Waals surface area (Å²) in [4.78, 5) is 12.3. The maximum absolute atomic E-state index is 13.7. The average Bonchev–Trinajstić information content (AvgIpc) is 2.37. The fraction of sp³-hybridized carbons (Fsp3) is 0.600. The van der Waals surface area contributed by atoms with E-state index in [0.717, 1.165) is 31.7 Å². The molecule has 0 saturated heterocycles. The van der Waals surface area contributed by atoms with Crippen LogP contribution in [0.25, 0.3) is 0 Å². The van der Waals surface area contributed by atoms with Crippen molar-refractivity contribution in [1.29, 1.82) is 0 Å². The van der Waals surface area contributed by atoms with Crippen molar-refractivity contribution < 1.29 is 9.31 Å². The van der Waals surface area contributed by atoms with Crippen molar-refractivity contribution in [3.8, 4) is 0 Å². The van der Waals surface area contributed by atoms with E-state index in [0.29, 0.717) is 11.1 Å². The molecule has 1 aliphatic rings. The topological polar surface area (TPSA) is 46.4 Å². The molecule has 0 radical (unpaired) electrons. The van der Waals surface area contributed by atoms with Gasteiger partial charge in [-0.3, -0.25) is 10.1 Å². The molecule has 1 fully saturated rings. The molecular weight excluding hydrogens is 259 g/mol. The minimum absolute atomic E-state index is 0.239. The van der Waals surface area contributed by atoms with Crippen LogP contribution in [0.2, 0.25) is 0 Å². The van der Waals surface area contributed by atoms with E-state index in [2.05, 4.69) is 13.8 Å². The van der Waals surface area contributed by atoms with E-state index in [1.807, 2.05) is 11.9 Å². The summed E-state index contributed by atoms with van der Waals surface area (Å²) in [6.07, 6.45) is 4.14. The van der Waals surface area contributed by atoms with E-state index in [1.54, 1.807) is 6.07 Å². The second-order valence-corrected chi connectivity index (χ2v) is 6.37. The van der Waals surface area contributed by atoms with Crippen LogP contribution in [0.4, 0.5) is 15.8 Å². The number of nitro groups is 1. The minimum Gasteiger partial charge on any atom is -0.366 e. The Morgan fingerprint density at radius 3 is 2.50 bits per heavy atom. The molecule has 5 heteroatoms. The normalized spacial score (nSPS) is 18.8. The van der Waals surface area contributed by atoms with Crippen molar-refractivity contribution in [2.45, 2.75) is 45.6 Å². The summed E-state index contributed by atoms with van der Waals surface area (Å²) in [6.45, 7) is 4.49. The van der Waals surface area contributed by atoms with Crippen LogP contribution >= 0.6 is 0 Å². The lowest BCUT2D eigenvalue weighted by Crippen LogP contribution is -2.37. The number of benzene rings is 1. The largest absolute Gasteiger partial charge is 0.366 e. The zero-order chi connectivity index (χ0) is 14.9. The highest BCUT2D eigenvalue weighted by Gasteiger charge is 2.32. The van der Waals surface area contributed by atoms with Crippen molar-refractivity contribution >= 4 is 11.4 Å². The molecule has 0 N–H and O–H groups in total. The summed E-state index contributed by atoms with van der Waals surface area (Å²) < 4.78 is 13.7. The monoisotopic (exact) mass is 280 g/mol. The number of anilines is 1. The molecule has 1 aliphatic carbocycles. The molecule has 0 aromatic heterocycles. The summed E-state index contributed by atoms with van der Waals surface area (Å²) in [6, 6.07) is 4.53. The highest BCUT2D eigenvalue weighted by atomic mass is 19.1. The Labute approximate surface area is 118 Å². The zero-order valence-corrected chi connectivity index (χ0v) is 12.2. The Kier molecular flexibility index (Phi) is 3.97. The van der Waals surface area contributed by atoms with Crippen LogP contribution in [0, 0.1) is 21.3 Å². The Morgan fingerprint density at radius 2 is 1.95 bits per heavy atom. The molecule has 0 aliphatic heterocycles. The third kappa shape index (κ3) is 2.92. The standard InChI is InChI=1S/C15H21FN2O2/c1-15(2)9-7-11(8-10-15)17(3)13-6-4-5-12(16)14(13)18(19)20/h4-6,11H,7-10H2,1-3H3. The molecule has 2 rings (SSSR count). The van der Waals surface area contributed by atoms with Crippen LogP contribution in [0.15, 0.2) is 18.2 Å². The zero-order valence-electron chi connectivity index (χ0n) is 12.2. The first-order valence-electron chi connectivity index (χ1n) is 6.97. The predicted octanol–water partition coefficient (Wildman–Crippen LogP) is 4.14. The third-order valence-corrected chi connectivity index (χ3v) is 4.38. The molecule has 20 heavy (non-hydrogen) atoms. The van der Waals surface area contributed by atoms with Gasteiger partial charge in [0.15, 0.2) is 0 Å². The number of nitrogens with zero attached hydrogens (tertiary/aromatic N) is 2. The van der Waals surface area contributed by atoms with Gasteiger partial charge in [-0.1, -0.05) is 19.9 Å². The molecule has 0 atom stereocenters. The second-order valence-electron chi connectivity index (χ2n) is 6.37. The van der Waals surface area contributed by atoms with Gasteiger partial charge in [0.1, 0.15) is 5.69 Å². The molecular formula is C15H21FN2O2. The first-order chi connectivity index (χ1) is 9.32. The number of nitro benzene ring substituents is 1. The Hall–Kier alpha value is -1.65. The van der Waals surface area contributed by atoms with Crippen LogP contribution in [-0.4, -0.2) is 18.0 Å². The number of halogens is 1. The molecule has 0 amide bonds. The van der Waals surface area contributed by atoms with Gasteiger partial charge in [0.2, 0.25) is 5.82 Å². The second kappa shape index (κ2) is 5.38. The van der Waals surface area contributed by atoms with Gasteiger partial charge in [-0.05, 0) is 43.2 Å². The lowest BCUT2D eigenvalue weighted by atomic mass is 9.75. The fourth-order valence-corrected chi connectivity index (χ4v) is 2.94. The predicted molar refractivity (Wildman–Crippen MR) is 77.5 cm³/mol. The molecule has 0 unspecified atom stereocenters. The maximum Gasteiger partial charge on any atom is 0.327 e. The maximum atomic E-state index is 13.7. The molecule has 0 bridgehead atoms. The highest BCUT2D eigenvalue weighted by molar-refractivity contribution is 5.64. The van der Waals surface area contributed by atoms with Crippen molar-refractivity contribution in [2.24, 2.45) is 5.41 Å². The van der Waals surface area contributed by atoms with Crippen LogP contribution in [0.3, 0.4) is 0 Å². The first-order valence-corrected chi connectivity index (χ1v) is 6.97. The van der Waals surface area contributed by atoms with Crippen molar-refractivity contribution in [1.82, 2.24) is 0 Å². The van der Waals surface area contributed by atoms with Gasteiger partial charge in [0.25, 0.3) is 0 Å². The van der Waals surface area contributed by atoms with Crippen LogP contribution < -0.4 is 4.90 Å². The first kappa shape index (κ1) is 14.8. The molecule has 1 saturated carbocycles. The Morgan fingerprint density at radius 1 is 1.35 bits per heavy atom. The van der Waals surface area contributed by atoms with Crippen molar-refractivity contribution in [3.63, 3.8) is 0 Å². The van der Waals surface area contributed by atoms with Crippen LogP contribution in [0.1, 0.15) is 39.5 Å². The van der Waals surface area contributed by atoms with E-state index < -0.39 is 16.4 Å². The molecule has 1 aromatic carbocycles. The van der Waals surface area contributed by atoms with Gasteiger partial charge in [-0.2, -0.15) is 4.39 Å². The number of hydrogen-bond donors (Lipinski definition) is 0. The SMILES string of the molecule is CN(c1cccc(F)c1[N+](=O)[O-])C1CCC(C)(C)CC1. The quantitative estimate of drug-likeness (QED) is 0.617. The summed E-state index contributed by atoms with van der Waals surface area (Å²) in [7, 11) is 1.82. The number of rotatable bonds is 3. The van der Waals surface area contributed by atoms with Gasteiger partial charge in [0.05, 0.1) is 4.92 Å². The Bertz CT molecular complexity index is 507. The lowest BCUT2D eigenvalue weighted by molar-refractivity contribution is -0.386. The van der Waals surface area contributed by atoms with E-state index in [9.17, 15) is 14.5 Å². The third-order valence-electron chi connectivity index (χ3n) is 4.38. The smallest absolute Gasteiger partial charge is 0.327 e. The molecule has 4 nitrogen and oxygen atoms in total. The lowest BCUT2D eigenvalue weighted by Gasteiger charge is -2.39. The van der Waals surface area contributed by atoms with Gasteiger partial charge in [0, 0.05) is 13.1 Å². The van der Waals surface area contributed by atoms with Crippen molar-refractivity contribution in [3.05, 3.63) is 34.1 Å². The summed E-state index contributed by atoms with van der Waals surface area (Å²) in [5, 5.41) is 11.1. The molecule has 0 heterocycles. The fourth-order valence-electron chi connectivity index (χ4n) is 2.94. The number of para-hydroxylation sites is 1. The van der Waals surface area contributed by atoms with Gasteiger partial charge in [-0.25, -0.2) is 0 Å². The van der Waals surface area contributed by atoms with Gasteiger partial charge < -0.3 is 4.90 Å². The van der Waals surface area contributed by atoms with Crippen molar-refractivity contribution in [2.75, 3.05) is 11.9 Å². The van der Waals surface area contributed by atoms with Gasteiger partial charge in [-0.15, -0.1) is 0 Å². The highest BCUT2D eigenvalue weighted by Crippen LogP contribution is 2.39. The number of hydrogen-bond acceptors (Lipinski definition) is 3. The van der Waals surface area contributed by atoms with E-state index in [-0.39, 0.29) is 6.04 Å².